The lowest BCUT2D eigenvalue weighted by atomic mass is 9.98. The molecular formula is C46H84O14. The van der Waals surface area contributed by atoms with Crippen molar-refractivity contribution in [2.45, 2.75) is 229 Å². The highest BCUT2D eigenvalue weighted by Crippen LogP contribution is 2.26. The Morgan fingerprint density at radius 2 is 1.00 bits per heavy atom. The molecule has 11 atom stereocenters. The Hall–Kier alpha value is -1.53. The molecule has 14 nitrogen and oxygen atoms in total. The number of rotatable bonds is 36. The van der Waals surface area contributed by atoms with Gasteiger partial charge in [-0.1, -0.05) is 122 Å². The summed E-state index contributed by atoms with van der Waals surface area (Å²) in [5.41, 5.74) is 0. The number of carbonyl (C=O) groups is 1. The van der Waals surface area contributed by atoms with E-state index in [1.807, 2.05) is 0 Å². The van der Waals surface area contributed by atoms with Crippen molar-refractivity contribution < 1.29 is 69.0 Å². The van der Waals surface area contributed by atoms with Crippen LogP contribution in [0.4, 0.5) is 0 Å². The van der Waals surface area contributed by atoms with E-state index in [-0.39, 0.29) is 25.6 Å². The molecule has 0 spiro atoms. The van der Waals surface area contributed by atoms with Crippen molar-refractivity contribution in [1.29, 1.82) is 0 Å². The quantitative estimate of drug-likeness (QED) is 0.0230. The van der Waals surface area contributed by atoms with Crippen LogP contribution < -0.4 is 0 Å². The molecular weight excluding hydrogens is 776 g/mol. The molecule has 11 unspecified atom stereocenters. The van der Waals surface area contributed by atoms with E-state index in [2.05, 4.69) is 38.2 Å². The Balaban J connectivity index is 1.82. The molecule has 0 bridgehead atoms. The molecule has 2 heterocycles. The molecule has 352 valence electrons. The molecule has 0 saturated carbocycles. The molecule has 0 aromatic heterocycles. The maximum absolute atomic E-state index is 12.9. The van der Waals surface area contributed by atoms with Crippen LogP contribution in [0.15, 0.2) is 24.3 Å². The van der Waals surface area contributed by atoms with Crippen LogP contribution in [0.3, 0.4) is 0 Å². The zero-order chi connectivity index (χ0) is 43.8. The Morgan fingerprint density at radius 3 is 1.57 bits per heavy atom. The van der Waals surface area contributed by atoms with E-state index in [0.29, 0.717) is 13.0 Å². The van der Waals surface area contributed by atoms with Crippen molar-refractivity contribution in [2.75, 3.05) is 33.0 Å². The van der Waals surface area contributed by atoms with E-state index in [0.717, 1.165) is 70.6 Å². The maximum atomic E-state index is 12.9. The first-order valence-corrected chi connectivity index (χ1v) is 23.4. The van der Waals surface area contributed by atoms with Crippen LogP contribution in [0, 0.1) is 0 Å². The Morgan fingerprint density at radius 1 is 0.533 bits per heavy atom. The Kier molecular flexibility index (Phi) is 31.8. The molecule has 0 amide bonds. The maximum Gasteiger partial charge on any atom is 0.306 e. The third-order valence-electron chi connectivity index (χ3n) is 11.2. The van der Waals surface area contributed by atoms with E-state index < -0.39 is 80.7 Å². The van der Waals surface area contributed by atoms with Crippen LogP contribution in [0.2, 0.25) is 0 Å². The second-order valence-corrected chi connectivity index (χ2v) is 16.6. The second-order valence-electron chi connectivity index (χ2n) is 16.6. The standard InChI is InChI=1S/C46H84O14/c1-3-5-7-9-11-13-15-17-18-19-21-23-25-27-29-38(48)58-35(32-55-30-28-26-24-22-20-16-14-12-10-8-6-4-2)33-56-45-44(54)42(52)40(50)37(60-45)34-57-46-43(53)41(51)39(49)36(31-47)59-46/h10,12,15,17,35-37,39-47,49-54H,3-9,11,13-14,16,18-34H2,1-2H3/b12-10-,17-15-. The van der Waals surface area contributed by atoms with Gasteiger partial charge < -0.3 is 64.2 Å². The van der Waals surface area contributed by atoms with E-state index >= 15 is 0 Å². The number of ether oxygens (including phenoxy) is 6. The normalized spacial score (nSPS) is 27.9. The molecule has 0 aliphatic carbocycles. The molecule has 7 N–H and O–H groups in total. The molecule has 2 rings (SSSR count). The van der Waals surface area contributed by atoms with Crippen molar-refractivity contribution in [3.8, 4) is 0 Å². The molecule has 0 aromatic rings. The summed E-state index contributed by atoms with van der Waals surface area (Å²) in [6.45, 7) is 3.61. The summed E-state index contributed by atoms with van der Waals surface area (Å²) in [7, 11) is 0. The van der Waals surface area contributed by atoms with Gasteiger partial charge in [0.05, 0.1) is 26.4 Å². The smallest absolute Gasteiger partial charge is 0.306 e. The van der Waals surface area contributed by atoms with Crippen LogP contribution in [-0.2, 0) is 33.2 Å². The van der Waals surface area contributed by atoms with Gasteiger partial charge in [0.1, 0.15) is 54.9 Å². The number of aliphatic hydroxyl groups is 7. The molecule has 2 aliphatic heterocycles. The topological polar surface area (TPSA) is 214 Å². The van der Waals surface area contributed by atoms with Gasteiger partial charge >= 0.3 is 5.97 Å². The lowest BCUT2D eigenvalue weighted by molar-refractivity contribution is -0.332. The first-order chi connectivity index (χ1) is 29.1. The lowest BCUT2D eigenvalue weighted by Crippen LogP contribution is -2.61. The summed E-state index contributed by atoms with van der Waals surface area (Å²) in [5, 5.41) is 71.9. The molecule has 2 aliphatic rings. The number of aliphatic hydroxyl groups excluding tert-OH is 7. The van der Waals surface area contributed by atoms with E-state index in [1.165, 1.54) is 64.2 Å². The van der Waals surface area contributed by atoms with Crippen molar-refractivity contribution in [2.24, 2.45) is 0 Å². The van der Waals surface area contributed by atoms with Crippen molar-refractivity contribution in [1.82, 2.24) is 0 Å². The summed E-state index contributed by atoms with van der Waals surface area (Å²) in [4.78, 5) is 12.9. The van der Waals surface area contributed by atoms with Gasteiger partial charge in [0.15, 0.2) is 12.6 Å². The van der Waals surface area contributed by atoms with Gasteiger partial charge in [-0.15, -0.1) is 0 Å². The Bertz CT molecular complexity index is 1090. The van der Waals surface area contributed by atoms with Crippen LogP contribution >= 0.6 is 0 Å². The highest BCUT2D eigenvalue weighted by atomic mass is 16.7. The third kappa shape index (κ3) is 23.2. The SMILES string of the molecule is CCCC/C=C\CCCCCCCCOCC(COC1OC(COC2OC(CO)C(O)C(O)C2O)C(O)C(O)C1O)OC(=O)CCCCCCC/C=C\CCCCCCC. The van der Waals surface area contributed by atoms with Gasteiger partial charge in [-0.25, -0.2) is 0 Å². The largest absolute Gasteiger partial charge is 0.457 e. The monoisotopic (exact) mass is 861 g/mol. The first-order valence-electron chi connectivity index (χ1n) is 23.4. The fourth-order valence-corrected chi connectivity index (χ4v) is 7.26. The number of hydrogen-bond donors (Lipinski definition) is 7. The molecule has 60 heavy (non-hydrogen) atoms. The summed E-state index contributed by atoms with van der Waals surface area (Å²) >= 11 is 0. The summed E-state index contributed by atoms with van der Waals surface area (Å²) in [6, 6.07) is 0. The predicted octanol–water partition coefficient (Wildman–Crippen LogP) is 5.68. The fraction of sp³-hybridized carbons (Fsp3) is 0.891. The van der Waals surface area contributed by atoms with E-state index in [4.69, 9.17) is 28.4 Å². The zero-order valence-corrected chi connectivity index (χ0v) is 36.9. The van der Waals surface area contributed by atoms with Crippen molar-refractivity contribution in [3.63, 3.8) is 0 Å². The number of carbonyl (C=O) groups excluding carboxylic acids is 1. The molecule has 2 saturated heterocycles. The third-order valence-corrected chi connectivity index (χ3v) is 11.2. The highest BCUT2D eigenvalue weighted by molar-refractivity contribution is 5.69. The van der Waals surface area contributed by atoms with E-state index in [1.54, 1.807) is 0 Å². The van der Waals surface area contributed by atoms with Gasteiger partial charge in [0, 0.05) is 13.0 Å². The summed E-state index contributed by atoms with van der Waals surface area (Å²) in [5.74, 6) is -0.388. The fourth-order valence-electron chi connectivity index (χ4n) is 7.26. The second kappa shape index (κ2) is 34.9. The highest BCUT2D eigenvalue weighted by Gasteiger charge is 2.47. The first kappa shape index (κ1) is 54.6. The summed E-state index contributed by atoms with van der Waals surface area (Å²) in [6.07, 6.45) is 18.1. The summed E-state index contributed by atoms with van der Waals surface area (Å²) < 4.78 is 34.1. The van der Waals surface area contributed by atoms with Gasteiger partial charge in [-0.3, -0.25) is 4.79 Å². The number of esters is 1. The van der Waals surface area contributed by atoms with Gasteiger partial charge in [-0.2, -0.15) is 0 Å². The zero-order valence-electron chi connectivity index (χ0n) is 36.9. The minimum absolute atomic E-state index is 0.0556. The molecule has 0 radical (unpaired) electrons. The van der Waals surface area contributed by atoms with Crippen molar-refractivity contribution >= 4 is 5.97 Å². The minimum atomic E-state index is -1.71. The van der Waals surface area contributed by atoms with Gasteiger partial charge in [0.2, 0.25) is 0 Å². The average Bonchev–Trinajstić information content (AvgIpc) is 3.24. The molecule has 2 fully saturated rings. The van der Waals surface area contributed by atoms with Crippen molar-refractivity contribution in [3.05, 3.63) is 24.3 Å². The lowest BCUT2D eigenvalue weighted by Gasteiger charge is -2.42. The molecule has 0 aromatic carbocycles. The predicted molar refractivity (Wildman–Crippen MR) is 229 cm³/mol. The Labute approximate surface area is 360 Å². The average molecular weight is 861 g/mol. The number of allylic oxidation sites excluding steroid dienone is 4. The van der Waals surface area contributed by atoms with Crippen LogP contribution in [0.5, 0.6) is 0 Å². The van der Waals surface area contributed by atoms with Gasteiger partial charge in [-0.05, 0) is 57.8 Å². The molecule has 14 heteroatoms. The number of hydrogen-bond acceptors (Lipinski definition) is 14. The van der Waals surface area contributed by atoms with Crippen LogP contribution in [0.25, 0.3) is 0 Å². The van der Waals surface area contributed by atoms with Crippen LogP contribution in [0.1, 0.15) is 162 Å². The number of unbranched alkanes of at least 4 members (excludes halogenated alkanes) is 18. The van der Waals surface area contributed by atoms with Gasteiger partial charge in [0.25, 0.3) is 0 Å². The van der Waals surface area contributed by atoms with E-state index in [9.17, 15) is 40.5 Å². The minimum Gasteiger partial charge on any atom is -0.457 e. The van der Waals surface area contributed by atoms with Crippen LogP contribution in [-0.4, -0.2) is 142 Å².